The van der Waals surface area contributed by atoms with Gasteiger partial charge in [-0.15, -0.1) is 0 Å². The highest BCUT2D eigenvalue weighted by molar-refractivity contribution is 7.89. The topological polar surface area (TPSA) is 119 Å². The number of ether oxygens (including phenoxy) is 2. The van der Waals surface area contributed by atoms with Crippen LogP contribution in [0.2, 0.25) is 5.02 Å². The monoisotopic (exact) mass is 493 g/mol. The molecule has 10 nitrogen and oxygen atoms in total. The number of amides is 1. The molecule has 0 saturated carbocycles. The molecule has 2 aliphatic heterocycles. The minimum Gasteiger partial charge on any atom is -0.490 e. The summed E-state index contributed by atoms with van der Waals surface area (Å²) in [5, 5.41) is 11.8. The molecule has 4 rings (SSSR count). The number of carbonyl (C=O) groups is 1. The van der Waals surface area contributed by atoms with Crippen molar-refractivity contribution in [1.29, 1.82) is 0 Å². The van der Waals surface area contributed by atoms with Crippen LogP contribution in [0.3, 0.4) is 0 Å². The van der Waals surface area contributed by atoms with Crippen LogP contribution < -0.4 is 9.47 Å². The van der Waals surface area contributed by atoms with E-state index in [9.17, 15) is 23.3 Å². The first kappa shape index (κ1) is 23.0. The molecular weight excluding hydrogens is 474 g/mol. The fourth-order valence-electron chi connectivity index (χ4n) is 3.73. The Kier molecular flexibility index (Phi) is 6.28. The van der Waals surface area contributed by atoms with Crippen LogP contribution in [0.15, 0.2) is 46.9 Å². The predicted octanol–water partition coefficient (Wildman–Crippen LogP) is 2.57. The summed E-state index contributed by atoms with van der Waals surface area (Å²) >= 11 is 6.02. The molecule has 0 N–H and O–H groups in total. The molecule has 2 aromatic rings. The largest absolute Gasteiger partial charge is 0.490 e. The molecular formula is C21H20ClN3O7S. The van der Waals surface area contributed by atoms with Gasteiger partial charge in [-0.05, 0) is 36.4 Å². The highest BCUT2D eigenvalue weighted by Crippen LogP contribution is 2.32. The zero-order valence-electron chi connectivity index (χ0n) is 17.6. The van der Waals surface area contributed by atoms with Crippen molar-refractivity contribution in [1.82, 2.24) is 9.21 Å². The Balaban J connectivity index is 1.47. The lowest BCUT2D eigenvalue weighted by Gasteiger charge is -2.34. The number of sulfonamides is 1. The number of piperazine rings is 1. The molecule has 33 heavy (non-hydrogen) atoms. The van der Waals surface area contributed by atoms with Crippen LogP contribution in [-0.2, 0) is 14.8 Å². The van der Waals surface area contributed by atoms with Gasteiger partial charge in [-0.25, -0.2) is 8.42 Å². The van der Waals surface area contributed by atoms with Crippen molar-refractivity contribution in [2.75, 3.05) is 39.9 Å². The summed E-state index contributed by atoms with van der Waals surface area (Å²) in [6, 6.07) is 8.66. The van der Waals surface area contributed by atoms with Crippen molar-refractivity contribution in [3.8, 4) is 11.5 Å². The lowest BCUT2D eigenvalue weighted by Crippen LogP contribution is -2.51. The molecule has 2 aliphatic rings. The first-order valence-electron chi connectivity index (χ1n) is 9.95. The lowest BCUT2D eigenvalue weighted by molar-refractivity contribution is -0.386. The number of hydrogen-bond acceptors (Lipinski definition) is 7. The van der Waals surface area contributed by atoms with Crippen LogP contribution >= 0.6 is 11.6 Å². The summed E-state index contributed by atoms with van der Waals surface area (Å²) in [5.74, 6) is 0.374. The zero-order chi connectivity index (χ0) is 23.8. The second kappa shape index (κ2) is 9.00. The number of carbonyl (C=O) groups excluding carboxylic acids is 1. The SMILES string of the molecule is COc1ccc(S(=O)(=O)N2CCN(C(=O)C3=Cc4cc(Cl)ccc4OC3)CC2)cc1[N+](=O)[O-]. The minimum absolute atomic E-state index is 0.0276. The summed E-state index contributed by atoms with van der Waals surface area (Å²) in [4.78, 5) is 24.9. The van der Waals surface area contributed by atoms with Gasteiger partial charge in [0.1, 0.15) is 12.4 Å². The fourth-order valence-corrected chi connectivity index (χ4v) is 5.35. The first-order valence-corrected chi connectivity index (χ1v) is 11.8. The van der Waals surface area contributed by atoms with Crippen molar-refractivity contribution < 1.29 is 27.6 Å². The smallest absolute Gasteiger partial charge is 0.312 e. The molecule has 0 bridgehead atoms. The summed E-state index contributed by atoms with van der Waals surface area (Å²) in [7, 11) is -2.71. The molecule has 0 aromatic heterocycles. The summed E-state index contributed by atoms with van der Waals surface area (Å²) in [6.45, 7) is 0.586. The van der Waals surface area contributed by atoms with Gasteiger partial charge in [-0.1, -0.05) is 11.6 Å². The second-order valence-corrected chi connectivity index (χ2v) is 9.80. The Hall–Kier alpha value is -3.15. The Labute approximate surface area is 195 Å². The van der Waals surface area contributed by atoms with Gasteiger partial charge in [0.15, 0.2) is 5.75 Å². The van der Waals surface area contributed by atoms with Gasteiger partial charge in [-0.3, -0.25) is 14.9 Å². The van der Waals surface area contributed by atoms with E-state index in [4.69, 9.17) is 21.1 Å². The lowest BCUT2D eigenvalue weighted by atomic mass is 10.1. The van der Waals surface area contributed by atoms with Gasteiger partial charge < -0.3 is 14.4 Å². The van der Waals surface area contributed by atoms with Gasteiger partial charge in [-0.2, -0.15) is 4.31 Å². The number of fused-ring (bicyclic) bond motifs is 1. The van der Waals surface area contributed by atoms with E-state index >= 15 is 0 Å². The van der Waals surface area contributed by atoms with Crippen molar-refractivity contribution in [3.05, 3.63) is 62.7 Å². The summed E-state index contributed by atoms with van der Waals surface area (Å²) < 4.78 is 37.8. The van der Waals surface area contributed by atoms with Crippen LogP contribution in [0.25, 0.3) is 6.08 Å². The van der Waals surface area contributed by atoms with Crippen LogP contribution in [0.5, 0.6) is 11.5 Å². The quantitative estimate of drug-likeness (QED) is 0.463. The summed E-state index contributed by atoms with van der Waals surface area (Å²) in [6.07, 6.45) is 1.73. The van der Waals surface area contributed by atoms with Crippen molar-refractivity contribution in [2.45, 2.75) is 4.90 Å². The van der Waals surface area contributed by atoms with E-state index in [1.54, 1.807) is 29.2 Å². The molecule has 2 aromatic carbocycles. The van der Waals surface area contributed by atoms with Gasteiger partial charge in [0.2, 0.25) is 10.0 Å². The third kappa shape index (κ3) is 4.52. The molecule has 0 spiro atoms. The number of halogens is 1. The van der Waals surface area contributed by atoms with Crippen molar-refractivity contribution in [2.24, 2.45) is 0 Å². The normalized spacial score (nSPS) is 16.4. The van der Waals surface area contributed by atoms with Crippen LogP contribution in [-0.4, -0.2) is 68.3 Å². The summed E-state index contributed by atoms with van der Waals surface area (Å²) in [5.41, 5.74) is 0.725. The minimum atomic E-state index is -3.98. The number of nitrogens with zero attached hydrogens (tertiary/aromatic N) is 3. The number of hydrogen-bond donors (Lipinski definition) is 0. The van der Waals surface area contributed by atoms with Crippen molar-refractivity contribution >= 4 is 39.3 Å². The molecule has 1 saturated heterocycles. The number of rotatable bonds is 5. The molecule has 0 radical (unpaired) electrons. The average Bonchev–Trinajstić information content (AvgIpc) is 2.82. The number of nitro benzene ring substituents is 1. The van der Waals surface area contributed by atoms with Gasteiger partial charge >= 0.3 is 5.69 Å². The molecule has 0 atom stereocenters. The van der Waals surface area contributed by atoms with E-state index < -0.39 is 20.6 Å². The second-order valence-electron chi connectivity index (χ2n) is 7.43. The first-order chi connectivity index (χ1) is 15.7. The van der Waals surface area contributed by atoms with Crippen LogP contribution in [0.4, 0.5) is 5.69 Å². The molecule has 1 amide bonds. The van der Waals surface area contributed by atoms with Gasteiger partial charge in [0, 0.05) is 42.8 Å². The highest BCUT2D eigenvalue weighted by atomic mass is 35.5. The van der Waals surface area contributed by atoms with Gasteiger partial charge in [0.25, 0.3) is 5.91 Å². The maximum absolute atomic E-state index is 13.0. The maximum atomic E-state index is 13.0. The Morgan fingerprint density at radius 1 is 1.15 bits per heavy atom. The fraction of sp³-hybridized carbons (Fsp3) is 0.286. The maximum Gasteiger partial charge on any atom is 0.312 e. The van der Waals surface area contributed by atoms with Crippen LogP contribution in [0, 0.1) is 10.1 Å². The molecule has 2 heterocycles. The third-order valence-electron chi connectivity index (χ3n) is 5.47. The standard InChI is InChI=1S/C21H20ClN3O7S/c1-31-20-5-3-17(12-18(20)25(27)28)33(29,30)24-8-6-23(7-9-24)21(26)15-10-14-11-16(22)2-4-19(14)32-13-15/h2-5,10-12H,6-9,13H2,1H3. The highest BCUT2D eigenvalue weighted by Gasteiger charge is 2.33. The predicted molar refractivity (Wildman–Crippen MR) is 120 cm³/mol. The van der Waals surface area contributed by atoms with E-state index in [-0.39, 0.29) is 49.3 Å². The molecule has 1 fully saturated rings. The molecule has 174 valence electrons. The number of methoxy groups -OCH3 is 1. The van der Waals surface area contributed by atoms with E-state index in [0.29, 0.717) is 21.9 Å². The molecule has 0 aliphatic carbocycles. The Bertz CT molecular complexity index is 1250. The number of benzene rings is 2. The third-order valence-corrected chi connectivity index (χ3v) is 7.60. The van der Waals surface area contributed by atoms with E-state index in [1.807, 2.05) is 0 Å². The van der Waals surface area contributed by atoms with Gasteiger partial charge in [0.05, 0.1) is 22.5 Å². The Morgan fingerprint density at radius 2 is 1.88 bits per heavy atom. The Morgan fingerprint density at radius 3 is 2.55 bits per heavy atom. The molecule has 12 heteroatoms. The van der Waals surface area contributed by atoms with Crippen molar-refractivity contribution in [3.63, 3.8) is 0 Å². The van der Waals surface area contributed by atoms with E-state index in [2.05, 4.69) is 0 Å². The zero-order valence-corrected chi connectivity index (χ0v) is 19.1. The van der Waals surface area contributed by atoms with Crippen LogP contribution in [0.1, 0.15) is 5.56 Å². The average molecular weight is 494 g/mol. The van der Waals surface area contributed by atoms with E-state index in [0.717, 1.165) is 6.07 Å². The number of nitro groups is 1. The molecule has 0 unspecified atom stereocenters. The van der Waals surface area contributed by atoms with E-state index in [1.165, 1.54) is 23.5 Å².